The molecule has 0 bridgehead atoms. The lowest BCUT2D eigenvalue weighted by Gasteiger charge is -2.30. The molecule has 8 nitrogen and oxygen atoms in total. The number of hydrogen-bond acceptors (Lipinski definition) is 4. The molecule has 6 rings (SSSR count). The first-order valence-corrected chi connectivity index (χ1v) is 12.8. The van der Waals surface area contributed by atoms with Crippen molar-refractivity contribution in [3.05, 3.63) is 35.5 Å². The van der Waals surface area contributed by atoms with Crippen LogP contribution >= 0.6 is 0 Å². The number of fused-ring (bicyclic) bond motifs is 2. The zero-order valence-electron chi connectivity index (χ0n) is 20.2. The molecule has 3 N–H and O–H groups in total. The lowest BCUT2D eigenvalue weighted by molar-refractivity contribution is -0.129. The molecule has 1 aromatic heterocycles. The fourth-order valence-corrected chi connectivity index (χ4v) is 6.59. The smallest absolute Gasteiger partial charge is 0.271 e. The highest BCUT2D eigenvalue weighted by atomic mass is 16.2. The second kappa shape index (κ2) is 7.93. The van der Waals surface area contributed by atoms with Crippen molar-refractivity contribution in [3.8, 4) is 0 Å². The summed E-state index contributed by atoms with van der Waals surface area (Å²) >= 11 is 0. The number of hydrogen-bond donors (Lipinski definition) is 3. The van der Waals surface area contributed by atoms with E-state index in [4.69, 9.17) is 0 Å². The highest BCUT2D eigenvalue weighted by molar-refractivity contribution is 6.02. The Labute approximate surface area is 204 Å². The number of carbonyl (C=O) groups is 4. The van der Waals surface area contributed by atoms with Gasteiger partial charge in [-0.1, -0.05) is 26.0 Å². The third kappa shape index (κ3) is 3.65. The highest BCUT2D eigenvalue weighted by Gasteiger charge is 2.69. The second-order valence-corrected chi connectivity index (χ2v) is 11.4. The Balaban J connectivity index is 1.23. The number of aromatic amines is 1. The maximum atomic E-state index is 13.7. The van der Waals surface area contributed by atoms with Gasteiger partial charge in [-0.2, -0.15) is 0 Å². The maximum absolute atomic E-state index is 13.7. The molecule has 2 aliphatic heterocycles. The molecular formula is C27H32N4O4. The summed E-state index contributed by atoms with van der Waals surface area (Å²) in [7, 11) is 0. The maximum Gasteiger partial charge on any atom is 0.271 e. The molecule has 35 heavy (non-hydrogen) atoms. The molecule has 1 aromatic carbocycles. The number of nitrogens with one attached hydrogen (secondary N) is 3. The number of piperidine rings is 1. The summed E-state index contributed by atoms with van der Waals surface area (Å²) in [6.07, 6.45) is 4.01. The summed E-state index contributed by atoms with van der Waals surface area (Å²) in [5.41, 5.74) is 2.70. The average Bonchev–Trinajstić information content (AvgIpc) is 3.50. The van der Waals surface area contributed by atoms with Gasteiger partial charge in [0.2, 0.25) is 11.8 Å². The van der Waals surface area contributed by atoms with Crippen LogP contribution in [0.15, 0.2) is 24.3 Å². The Hall–Kier alpha value is -3.16. The molecule has 184 valence electrons. The van der Waals surface area contributed by atoms with Crippen molar-refractivity contribution < 1.29 is 19.2 Å². The van der Waals surface area contributed by atoms with Crippen LogP contribution in [0.25, 0.3) is 10.9 Å². The molecule has 3 heterocycles. The van der Waals surface area contributed by atoms with Crippen molar-refractivity contribution >= 4 is 34.9 Å². The third-order valence-electron chi connectivity index (χ3n) is 8.88. The van der Waals surface area contributed by atoms with Crippen LogP contribution in [-0.4, -0.2) is 59.1 Å². The first kappa shape index (κ1) is 22.3. The molecule has 4 fully saturated rings. The number of carbonyl (C=O) groups excluding carboxylic acids is 4. The van der Waals surface area contributed by atoms with Crippen molar-refractivity contribution in [1.29, 1.82) is 0 Å². The van der Waals surface area contributed by atoms with E-state index >= 15 is 0 Å². The predicted octanol–water partition coefficient (Wildman–Crippen LogP) is 2.35. The van der Waals surface area contributed by atoms with Crippen molar-refractivity contribution in [3.63, 3.8) is 0 Å². The van der Waals surface area contributed by atoms with E-state index in [-0.39, 0.29) is 47.3 Å². The van der Waals surface area contributed by atoms with E-state index in [1.807, 2.05) is 18.2 Å². The molecule has 2 aromatic rings. The standard InChI is InChI=1S/C27H32N4O4/c1-27(2)19-12-31(26(35)21-11-18-17(14-6-7-14)4-3-5-20(18)30-21)23(22(19)27)25(34)29-16(13-32)10-15-8-9-28-24(15)33/h3-5,11,13-16,19,22-23,30H,6-10,12H2,1-2H3,(H,28,33)(H,29,34)/t15-,16-,19-,22-,23-/m0/s1. The number of rotatable bonds is 7. The van der Waals surface area contributed by atoms with Gasteiger partial charge in [0.1, 0.15) is 18.0 Å². The molecule has 4 aliphatic rings. The van der Waals surface area contributed by atoms with Gasteiger partial charge < -0.3 is 25.3 Å². The summed E-state index contributed by atoms with van der Waals surface area (Å²) in [6, 6.07) is 6.70. The van der Waals surface area contributed by atoms with Crippen LogP contribution in [0.3, 0.4) is 0 Å². The SMILES string of the molecule is CC1(C)[C@@H]2[C@@H](C(=O)N[C@H](C=O)C[C@@H]3CCNC3=O)N(C(=O)c3cc4c(C5CC5)cccc4[nH]3)C[C@@H]21. The van der Waals surface area contributed by atoms with E-state index in [1.54, 1.807) is 4.90 Å². The number of nitrogens with zero attached hydrogens (tertiary/aromatic N) is 1. The predicted molar refractivity (Wildman–Crippen MR) is 130 cm³/mol. The third-order valence-corrected chi connectivity index (χ3v) is 8.88. The lowest BCUT2D eigenvalue weighted by Crippen LogP contribution is -2.52. The minimum atomic E-state index is -0.747. The Morgan fingerprint density at radius 3 is 2.74 bits per heavy atom. The van der Waals surface area contributed by atoms with Crippen molar-refractivity contribution in [2.24, 2.45) is 23.2 Å². The molecule has 2 saturated heterocycles. The van der Waals surface area contributed by atoms with E-state index in [9.17, 15) is 19.2 Å². The fraction of sp³-hybridized carbons (Fsp3) is 0.556. The van der Waals surface area contributed by atoms with E-state index in [1.165, 1.54) is 18.4 Å². The minimum Gasteiger partial charge on any atom is -0.356 e. The van der Waals surface area contributed by atoms with Gasteiger partial charge >= 0.3 is 0 Å². The monoisotopic (exact) mass is 476 g/mol. The van der Waals surface area contributed by atoms with Crippen molar-refractivity contribution in [2.75, 3.05) is 13.1 Å². The topological polar surface area (TPSA) is 111 Å². The highest BCUT2D eigenvalue weighted by Crippen LogP contribution is 2.65. The zero-order valence-corrected chi connectivity index (χ0v) is 20.2. The summed E-state index contributed by atoms with van der Waals surface area (Å²) in [4.78, 5) is 55.9. The van der Waals surface area contributed by atoms with Gasteiger partial charge in [0.15, 0.2) is 0 Å². The summed E-state index contributed by atoms with van der Waals surface area (Å²) < 4.78 is 0. The quantitative estimate of drug-likeness (QED) is 0.533. The van der Waals surface area contributed by atoms with Crippen LogP contribution in [0, 0.1) is 23.2 Å². The number of benzene rings is 1. The number of amides is 3. The van der Waals surface area contributed by atoms with E-state index in [2.05, 4.69) is 35.5 Å². The van der Waals surface area contributed by atoms with E-state index in [0.29, 0.717) is 37.4 Å². The van der Waals surface area contributed by atoms with Crippen LogP contribution in [0.5, 0.6) is 0 Å². The van der Waals surface area contributed by atoms with Gasteiger partial charge in [-0.15, -0.1) is 0 Å². The largest absolute Gasteiger partial charge is 0.356 e. The normalized spacial score (nSPS) is 29.5. The molecule has 5 atom stereocenters. The molecule has 2 saturated carbocycles. The molecule has 0 radical (unpaired) electrons. The van der Waals surface area contributed by atoms with Gasteiger partial charge in [-0.25, -0.2) is 0 Å². The average molecular weight is 477 g/mol. The Morgan fingerprint density at radius 2 is 2.06 bits per heavy atom. The lowest BCUT2D eigenvalue weighted by atomic mass is 9.97. The number of likely N-dealkylation sites (tertiary alicyclic amines) is 1. The summed E-state index contributed by atoms with van der Waals surface area (Å²) in [5.74, 6) is 0.0494. The molecule has 8 heteroatoms. The van der Waals surface area contributed by atoms with Gasteiger partial charge in [0.25, 0.3) is 5.91 Å². The van der Waals surface area contributed by atoms with Gasteiger partial charge in [0, 0.05) is 29.9 Å². The van der Waals surface area contributed by atoms with Gasteiger partial charge in [0.05, 0.1) is 6.04 Å². The molecule has 2 aliphatic carbocycles. The van der Waals surface area contributed by atoms with Crippen LogP contribution in [0.4, 0.5) is 0 Å². The van der Waals surface area contributed by atoms with Crippen LogP contribution in [0.1, 0.15) is 61.5 Å². The van der Waals surface area contributed by atoms with Crippen molar-refractivity contribution in [1.82, 2.24) is 20.5 Å². The number of aldehydes is 1. The van der Waals surface area contributed by atoms with E-state index in [0.717, 1.165) is 10.9 Å². The first-order valence-electron chi connectivity index (χ1n) is 12.8. The van der Waals surface area contributed by atoms with Crippen molar-refractivity contribution in [2.45, 2.75) is 57.5 Å². The summed E-state index contributed by atoms with van der Waals surface area (Å²) in [6.45, 7) is 5.39. The Bertz CT molecular complexity index is 1230. The molecular weight excluding hydrogens is 444 g/mol. The molecule has 0 unspecified atom stereocenters. The Morgan fingerprint density at radius 1 is 1.26 bits per heavy atom. The van der Waals surface area contributed by atoms with E-state index < -0.39 is 12.1 Å². The fourth-order valence-electron chi connectivity index (χ4n) is 6.59. The van der Waals surface area contributed by atoms with Crippen LogP contribution in [-0.2, 0) is 14.4 Å². The van der Waals surface area contributed by atoms with Crippen LogP contribution < -0.4 is 10.6 Å². The summed E-state index contributed by atoms with van der Waals surface area (Å²) in [5, 5.41) is 6.71. The first-order chi connectivity index (χ1) is 16.8. The van der Waals surface area contributed by atoms with Crippen LogP contribution in [0.2, 0.25) is 0 Å². The van der Waals surface area contributed by atoms with Gasteiger partial charge in [-0.3, -0.25) is 14.4 Å². The minimum absolute atomic E-state index is 0.0274. The second-order valence-electron chi connectivity index (χ2n) is 11.4. The van der Waals surface area contributed by atoms with Gasteiger partial charge in [-0.05, 0) is 66.5 Å². The number of H-pyrrole nitrogens is 1. The number of aromatic nitrogens is 1. The molecule has 3 amide bonds. The Kier molecular flexibility index (Phi) is 5.06. The zero-order chi connectivity index (χ0) is 24.5. The molecule has 0 spiro atoms.